The number of carbonyl (C=O) groups excluding carboxylic acids is 1. The van der Waals surface area contributed by atoms with E-state index in [2.05, 4.69) is 10.4 Å². The van der Waals surface area contributed by atoms with Gasteiger partial charge in [0.2, 0.25) is 5.91 Å². The minimum absolute atomic E-state index is 0.238. The van der Waals surface area contributed by atoms with Crippen LogP contribution in [-0.2, 0) is 11.0 Å². The lowest BCUT2D eigenvalue weighted by molar-refractivity contribution is -0.142. The van der Waals surface area contributed by atoms with Crippen LogP contribution >= 0.6 is 0 Å². The molecule has 3 aromatic rings. The standard InChI is InChI=1S/C18H14F3N3O2/c1-12-2-7-15(26-12)8-9-17(25)23-13-3-5-14(6-4-13)24-16(10-11-22-24)18(19,20)21/h2-11H,1H3,(H,23,25)/b9-8+. The van der Waals surface area contributed by atoms with Crippen LogP contribution in [0, 0.1) is 6.92 Å². The third-order valence-corrected chi connectivity index (χ3v) is 3.47. The zero-order chi connectivity index (χ0) is 18.7. The Morgan fingerprint density at radius 1 is 1.15 bits per heavy atom. The van der Waals surface area contributed by atoms with E-state index >= 15 is 0 Å². The first kappa shape index (κ1) is 17.5. The molecule has 2 aromatic heterocycles. The van der Waals surface area contributed by atoms with Crippen LogP contribution in [0.25, 0.3) is 11.8 Å². The van der Waals surface area contributed by atoms with Gasteiger partial charge in [-0.15, -0.1) is 0 Å². The quantitative estimate of drug-likeness (QED) is 0.699. The third-order valence-electron chi connectivity index (χ3n) is 3.47. The number of furan rings is 1. The fourth-order valence-electron chi connectivity index (χ4n) is 2.29. The van der Waals surface area contributed by atoms with Gasteiger partial charge in [0.05, 0.1) is 11.9 Å². The molecule has 1 amide bonds. The average Bonchev–Trinajstić information content (AvgIpc) is 3.22. The van der Waals surface area contributed by atoms with E-state index in [1.165, 1.54) is 36.4 Å². The van der Waals surface area contributed by atoms with E-state index in [1.54, 1.807) is 19.1 Å². The summed E-state index contributed by atoms with van der Waals surface area (Å²) in [5.74, 6) is 0.894. The predicted octanol–water partition coefficient (Wildman–Crippen LogP) is 4.44. The number of hydrogen-bond donors (Lipinski definition) is 1. The molecule has 5 nitrogen and oxygen atoms in total. The number of amides is 1. The Hall–Kier alpha value is -3.29. The lowest BCUT2D eigenvalue weighted by Gasteiger charge is -2.11. The summed E-state index contributed by atoms with van der Waals surface area (Å²) in [6.45, 7) is 1.79. The maximum atomic E-state index is 12.9. The van der Waals surface area contributed by atoms with E-state index in [0.717, 1.165) is 22.7 Å². The minimum atomic E-state index is -4.50. The van der Waals surface area contributed by atoms with Crippen molar-refractivity contribution in [3.63, 3.8) is 0 Å². The van der Waals surface area contributed by atoms with Gasteiger partial charge >= 0.3 is 6.18 Å². The Labute approximate surface area is 146 Å². The van der Waals surface area contributed by atoms with Crippen LogP contribution in [0.3, 0.4) is 0 Å². The number of nitrogens with one attached hydrogen (secondary N) is 1. The molecule has 1 N–H and O–H groups in total. The molecule has 0 bridgehead atoms. The zero-order valence-electron chi connectivity index (χ0n) is 13.6. The van der Waals surface area contributed by atoms with E-state index in [-0.39, 0.29) is 11.6 Å². The minimum Gasteiger partial charge on any atom is -0.462 e. The van der Waals surface area contributed by atoms with Crippen molar-refractivity contribution >= 4 is 17.7 Å². The summed E-state index contributed by atoms with van der Waals surface area (Å²) < 4.78 is 44.8. The molecule has 0 saturated heterocycles. The Morgan fingerprint density at radius 2 is 1.88 bits per heavy atom. The van der Waals surface area contributed by atoms with Crippen molar-refractivity contribution in [1.29, 1.82) is 0 Å². The van der Waals surface area contributed by atoms with Gasteiger partial charge < -0.3 is 9.73 Å². The number of nitrogens with zero attached hydrogens (tertiary/aromatic N) is 2. The predicted molar refractivity (Wildman–Crippen MR) is 89.7 cm³/mol. The van der Waals surface area contributed by atoms with Crippen molar-refractivity contribution in [3.8, 4) is 5.69 Å². The van der Waals surface area contributed by atoms with Crippen LogP contribution in [0.15, 0.2) is 59.2 Å². The zero-order valence-corrected chi connectivity index (χ0v) is 13.6. The average molecular weight is 361 g/mol. The summed E-state index contributed by atoms with van der Waals surface area (Å²) in [5.41, 5.74) is -0.187. The van der Waals surface area contributed by atoms with Crippen LogP contribution in [0.1, 0.15) is 17.2 Å². The smallest absolute Gasteiger partial charge is 0.433 e. The molecule has 2 heterocycles. The topological polar surface area (TPSA) is 60.1 Å². The van der Waals surface area contributed by atoms with E-state index in [1.807, 2.05) is 0 Å². The number of halogens is 3. The first-order valence-electron chi connectivity index (χ1n) is 7.60. The molecule has 134 valence electrons. The summed E-state index contributed by atoms with van der Waals surface area (Å²) in [5, 5.41) is 6.31. The van der Waals surface area contributed by atoms with Gasteiger partial charge in [-0.3, -0.25) is 4.79 Å². The molecule has 0 saturated carbocycles. The number of aryl methyl sites for hydroxylation is 1. The molecule has 0 atom stereocenters. The third kappa shape index (κ3) is 4.02. The van der Waals surface area contributed by atoms with Gasteiger partial charge in [0.1, 0.15) is 17.2 Å². The monoisotopic (exact) mass is 361 g/mol. The highest BCUT2D eigenvalue weighted by Crippen LogP contribution is 2.30. The second kappa shape index (κ2) is 6.91. The summed E-state index contributed by atoms with van der Waals surface area (Å²) in [6, 6.07) is 10.3. The molecule has 0 unspecified atom stereocenters. The number of hydrogen-bond acceptors (Lipinski definition) is 3. The number of aromatic nitrogens is 2. The van der Waals surface area contributed by atoms with E-state index in [4.69, 9.17) is 4.42 Å². The summed E-state index contributed by atoms with van der Waals surface area (Å²) in [4.78, 5) is 11.9. The van der Waals surface area contributed by atoms with Crippen LogP contribution in [0.2, 0.25) is 0 Å². The Kier molecular flexibility index (Phi) is 4.66. The van der Waals surface area contributed by atoms with Crippen molar-refractivity contribution in [2.75, 3.05) is 5.32 Å². The SMILES string of the molecule is Cc1ccc(/C=C/C(=O)Nc2ccc(-n3nccc3C(F)(F)F)cc2)o1. The highest BCUT2D eigenvalue weighted by Gasteiger charge is 2.35. The summed E-state index contributed by atoms with van der Waals surface area (Å²) in [6.07, 6.45) is -0.588. The van der Waals surface area contributed by atoms with Gasteiger partial charge in [0, 0.05) is 11.8 Å². The van der Waals surface area contributed by atoms with Gasteiger partial charge in [-0.05, 0) is 55.5 Å². The first-order valence-corrected chi connectivity index (χ1v) is 7.60. The van der Waals surface area contributed by atoms with Gasteiger partial charge in [-0.1, -0.05) is 0 Å². The van der Waals surface area contributed by atoms with Crippen molar-refractivity contribution in [3.05, 3.63) is 72.0 Å². The molecule has 26 heavy (non-hydrogen) atoms. The fraction of sp³-hybridized carbons (Fsp3) is 0.111. The molecule has 0 aliphatic rings. The Bertz CT molecular complexity index is 937. The van der Waals surface area contributed by atoms with Gasteiger partial charge in [0.25, 0.3) is 0 Å². The number of benzene rings is 1. The largest absolute Gasteiger partial charge is 0.462 e. The second-order valence-corrected chi connectivity index (χ2v) is 5.44. The van der Waals surface area contributed by atoms with Crippen molar-refractivity contribution in [1.82, 2.24) is 9.78 Å². The van der Waals surface area contributed by atoms with Crippen molar-refractivity contribution in [2.24, 2.45) is 0 Å². The first-order chi connectivity index (χ1) is 12.3. The number of rotatable bonds is 4. The van der Waals surface area contributed by atoms with Gasteiger partial charge in [-0.25, -0.2) is 4.68 Å². The Morgan fingerprint density at radius 3 is 2.50 bits per heavy atom. The molecule has 0 radical (unpaired) electrons. The molecular formula is C18H14F3N3O2. The molecule has 8 heteroatoms. The van der Waals surface area contributed by atoms with E-state index in [0.29, 0.717) is 11.4 Å². The Balaban J connectivity index is 1.69. The van der Waals surface area contributed by atoms with E-state index in [9.17, 15) is 18.0 Å². The van der Waals surface area contributed by atoms with Crippen LogP contribution < -0.4 is 5.32 Å². The molecule has 0 spiro atoms. The highest BCUT2D eigenvalue weighted by molar-refractivity contribution is 6.01. The fourth-order valence-corrected chi connectivity index (χ4v) is 2.29. The maximum Gasteiger partial charge on any atom is 0.433 e. The van der Waals surface area contributed by atoms with Gasteiger partial charge in [0.15, 0.2) is 0 Å². The molecule has 3 rings (SSSR count). The molecular weight excluding hydrogens is 347 g/mol. The maximum absolute atomic E-state index is 12.9. The lowest BCUT2D eigenvalue weighted by atomic mass is 10.2. The van der Waals surface area contributed by atoms with Crippen LogP contribution in [0.4, 0.5) is 18.9 Å². The summed E-state index contributed by atoms with van der Waals surface area (Å²) >= 11 is 0. The van der Waals surface area contributed by atoms with Gasteiger partial charge in [-0.2, -0.15) is 18.3 Å². The number of alkyl halides is 3. The highest BCUT2D eigenvalue weighted by atomic mass is 19.4. The van der Waals surface area contributed by atoms with E-state index < -0.39 is 11.9 Å². The molecule has 1 aromatic carbocycles. The molecule has 0 fully saturated rings. The summed E-state index contributed by atoms with van der Waals surface area (Å²) in [7, 11) is 0. The number of carbonyl (C=O) groups is 1. The molecule has 0 aliphatic heterocycles. The van der Waals surface area contributed by atoms with Crippen molar-refractivity contribution < 1.29 is 22.4 Å². The normalized spacial score (nSPS) is 11.8. The number of anilines is 1. The van der Waals surface area contributed by atoms with Crippen LogP contribution in [0.5, 0.6) is 0 Å². The van der Waals surface area contributed by atoms with Crippen LogP contribution in [-0.4, -0.2) is 15.7 Å². The van der Waals surface area contributed by atoms with Crippen molar-refractivity contribution in [2.45, 2.75) is 13.1 Å². The lowest BCUT2D eigenvalue weighted by Crippen LogP contribution is -2.13. The second-order valence-electron chi connectivity index (χ2n) is 5.44. The molecule has 0 aliphatic carbocycles.